The molecule has 1 aromatic carbocycles. The van der Waals surface area contributed by atoms with Gasteiger partial charge in [0.05, 0.1) is 23.8 Å². The van der Waals surface area contributed by atoms with Gasteiger partial charge < -0.3 is 9.64 Å². The molecule has 126 valence electrons. The molecule has 23 heavy (non-hydrogen) atoms. The summed E-state index contributed by atoms with van der Waals surface area (Å²) in [5.41, 5.74) is 1.70. The summed E-state index contributed by atoms with van der Waals surface area (Å²) < 4.78 is 5.52. The number of carbonyl (C=O) groups is 1. The normalized spacial score (nSPS) is 24.0. The number of likely N-dealkylation sites (tertiary alicyclic amines) is 1. The van der Waals surface area contributed by atoms with Gasteiger partial charge in [0.15, 0.2) is 0 Å². The zero-order valence-corrected chi connectivity index (χ0v) is 14.7. The summed E-state index contributed by atoms with van der Waals surface area (Å²) in [4.78, 5) is 17.2. The number of amides is 1. The lowest BCUT2D eigenvalue weighted by molar-refractivity contribution is -0.0335. The lowest BCUT2D eigenvalue weighted by atomic mass is 10.00. The van der Waals surface area contributed by atoms with E-state index < -0.39 is 0 Å². The van der Waals surface area contributed by atoms with E-state index in [1.165, 1.54) is 0 Å². The SMILES string of the molecule is Cc1ccc(C(=O)N2CCC(N3CCOCC3C)CC2)c(Cl)c1. The lowest BCUT2D eigenvalue weighted by Crippen LogP contribution is -2.53. The first-order chi connectivity index (χ1) is 11.1. The Morgan fingerprint density at radius 3 is 2.65 bits per heavy atom. The van der Waals surface area contributed by atoms with Crippen LogP contribution in [0.2, 0.25) is 5.02 Å². The molecule has 0 aliphatic carbocycles. The predicted molar refractivity (Wildman–Crippen MR) is 92.1 cm³/mol. The predicted octanol–water partition coefficient (Wildman–Crippen LogP) is 2.97. The van der Waals surface area contributed by atoms with Gasteiger partial charge in [-0.3, -0.25) is 9.69 Å². The Hall–Kier alpha value is -1.10. The van der Waals surface area contributed by atoms with Crippen LogP contribution in [0.1, 0.15) is 35.7 Å². The second-order valence-corrected chi connectivity index (χ2v) is 7.08. The monoisotopic (exact) mass is 336 g/mol. The Labute approximate surface area is 143 Å². The highest BCUT2D eigenvalue weighted by atomic mass is 35.5. The molecule has 2 aliphatic rings. The zero-order chi connectivity index (χ0) is 16.4. The van der Waals surface area contributed by atoms with Crippen molar-refractivity contribution in [1.82, 2.24) is 9.80 Å². The number of aryl methyl sites for hydroxylation is 1. The Kier molecular flexibility index (Phi) is 5.24. The van der Waals surface area contributed by atoms with Crippen LogP contribution in [0.5, 0.6) is 0 Å². The van der Waals surface area contributed by atoms with Crippen molar-refractivity contribution >= 4 is 17.5 Å². The highest BCUT2D eigenvalue weighted by molar-refractivity contribution is 6.33. The van der Waals surface area contributed by atoms with Crippen LogP contribution in [-0.4, -0.2) is 60.6 Å². The van der Waals surface area contributed by atoms with E-state index in [0.717, 1.165) is 51.3 Å². The number of benzene rings is 1. The quantitative estimate of drug-likeness (QED) is 0.832. The van der Waals surface area contributed by atoms with E-state index in [1.54, 1.807) is 0 Å². The van der Waals surface area contributed by atoms with Gasteiger partial charge in [-0.05, 0) is 44.4 Å². The van der Waals surface area contributed by atoms with Crippen LogP contribution < -0.4 is 0 Å². The van der Waals surface area contributed by atoms with Crippen LogP contribution in [0.4, 0.5) is 0 Å². The van der Waals surface area contributed by atoms with Crippen molar-refractivity contribution in [2.75, 3.05) is 32.8 Å². The number of nitrogens with zero attached hydrogens (tertiary/aromatic N) is 2. The molecule has 3 rings (SSSR count). The summed E-state index contributed by atoms with van der Waals surface area (Å²) in [5.74, 6) is 0.0588. The summed E-state index contributed by atoms with van der Waals surface area (Å²) in [6, 6.07) is 6.68. The van der Waals surface area contributed by atoms with Gasteiger partial charge in [0, 0.05) is 31.7 Å². The number of piperidine rings is 1. The topological polar surface area (TPSA) is 32.8 Å². The second kappa shape index (κ2) is 7.20. The third-order valence-electron chi connectivity index (χ3n) is 4.99. The van der Waals surface area contributed by atoms with Gasteiger partial charge in [-0.15, -0.1) is 0 Å². The first-order valence-electron chi connectivity index (χ1n) is 8.45. The summed E-state index contributed by atoms with van der Waals surface area (Å²) in [5, 5.41) is 0.555. The van der Waals surface area contributed by atoms with Gasteiger partial charge in [-0.1, -0.05) is 17.7 Å². The highest BCUT2D eigenvalue weighted by Crippen LogP contribution is 2.24. The van der Waals surface area contributed by atoms with E-state index in [0.29, 0.717) is 22.7 Å². The van der Waals surface area contributed by atoms with Gasteiger partial charge >= 0.3 is 0 Å². The molecule has 1 unspecified atom stereocenters. The Morgan fingerprint density at radius 1 is 1.26 bits per heavy atom. The van der Waals surface area contributed by atoms with Gasteiger partial charge in [-0.25, -0.2) is 0 Å². The van der Waals surface area contributed by atoms with Crippen LogP contribution in [0.15, 0.2) is 18.2 Å². The molecule has 0 aromatic heterocycles. The summed E-state index contributed by atoms with van der Waals surface area (Å²) in [7, 11) is 0. The van der Waals surface area contributed by atoms with Crippen molar-refractivity contribution in [1.29, 1.82) is 0 Å². The molecule has 1 atom stereocenters. The molecule has 1 aromatic rings. The molecule has 5 heteroatoms. The van der Waals surface area contributed by atoms with E-state index in [4.69, 9.17) is 16.3 Å². The third-order valence-corrected chi connectivity index (χ3v) is 5.31. The summed E-state index contributed by atoms with van der Waals surface area (Å²) in [6.07, 6.45) is 2.05. The van der Waals surface area contributed by atoms with Crippen molar-refractivity contribution in [3.8, 4) is 0 Å². The van der Waals surface area contributed by atoms with E-state index in [1.807, 2.05) is 30.0 Å². The van der Waals surface area contributed by atoms with Gasteiger partial charge in [-0.2, -0.15) is 0 Å². The highest BCUT2D eigenvalue weighted by Gasteiger charge is 2.31. The number of hydrogen-bond acceptors (Lipinski definition) is 3. The fourth-order valence-corrected chi connectivity index (χ4v) is 3.96. The molecule has 2 aliphatic heterocycles. The zero-order valence-electron chi connectivity index (χ0n) is 13.9. The van der Waals surface area contributed by atoms with Crippen molar-refractivity contribution in [3.05, 3.63) is 34.3 Å². The number of ether oxygens (including phenoxy) is 1. The Balaban J connectivity index is 1.61. The lowest BCUT2D eigenvalue weighted by Gasteiger charge is -2.43. The molecule has 0 saturated carbocycles. The molecule has 0 bridgehead atoms. The molecular formula is C18H25ClN2O2. The largest absolute Gasteiger partial charge is 0.379 e. The molecule has 0 spiro atoms. The van der Waals surface area contributed by atoms with Crippen LogP contribution >= 0.6 is 11.6 Å². The van der Waals surface area contributed by atoms with E-state index in [2.05, 4.69) is 11.8 Å². The first-order valence-corrected chi connectivity index (χ1v) is 8.83. The van der Waals surface area contributed by atoms with Crippen LogP contribution in [0, 0.1) is 6.92 Å². The number of morpholine rings is 1. The fraction of sp³-hybridized carbons (Fsp3) is 0.611. The maximum Gasteiger partial charge on any atom is 0.255 e. The number of hydrogen-bond donors (Lipinski definition) is 0. The van der Waals surface area contributed by atoms with Crippen LogP contribution in [0.25, 0.3) is 0 Å². The minimum absolute atomic E-state index is 0.0588. The Morgan fingerprint density at radius 2 is 2.00 bits per heavy atom. The van der Waals surface area contributed by atoms with E-state index >= 15 is 0 Å². The molecule has 0 radical (unpaired) electrons. The van der Waals surface area contributed by atoms with Crippen LogP contribution in [0.3, 0.4) is 0 Å². The van der Waals surface area contributed by atoms with Gasteiger partial charge in [0.25, 0.3) is 5.91 Å². The molecule has 0 N–H and O–H groups in total. The van der Waals surface area contributed by atoms with Gasteiger partial charge in [0.1, 0.15) is 0 Å². The number of rotatable bonds is 2. The third kappa shape index (κ3) is 3.70. The molecule has 2 saturated heterocycles. The van der Waals surface area contributed by atoms with E-state index in [9.17, 15) is 4.79 Å². The van der Waals surface area contributed by atoms with Crippen molar-refractivity contribution in [2.45, 2.75) is 38.8 Å². The molecule has 2 fully saturated rings. The molecular weight excluding hydrogens is 312 g/mol. The Bertz CT molecular complexity index is 570. The average molecular weight is 337 g/mol. The first kappa shape index (κ1) is 16.7. The van der Waals surface area contributed by atoms with E-state index in [-0.39, 0.29) is 5.91 Å². The second-order valence-electron chi connectivity index (χ2n) is 6.67. The standard InChI is InChI=1S/C18H25ClN2O2/c1-13-3-4-16(17(19)11-13)18(22)20-7-5-15(6-8-20)21-9-10-23-12-14(21)2/h3-4,11,14-15H,5-10,12H2,1-2H3. The average Bonchev–Trinajstić information content (AvgIpc) is 2.55. The molecule has 4 nitrogen and oxygen atoms in total. The number of halogens is 1. The maximum absolute atomic E-state index is 12.7. The minimum Gasteiger partial charge on any atom is -0.379 e. The number of carbonyl (C=O) groups excluding carboxylic acids is 1. The van der Waals surface area contributed by atoms with Crippen molar-refractivity contribution in [2.24, 2.45) is 0 Å². The molecule has 2 heterocycles. The van der Waals surface area contributed by atoms with Crippen LogP contribution in [-0.2, 0) is 4.74 Å². The smallest absolute Gasteiger partial charge is 0.255 e. The summed E-state index contributed by atoms with van der Waals surface area (Å²) in [6.45, 7) is 8.46. The van der Waals surface area contributed by atoms with Crippen molar-refractivity contribution in [3.63, 3.8) is 0 Å². The van der Waals surface area contributed by atoms with Crippen molar-refractivity contribution < 1.29 is 9.53 Å². The summed E-state index contributed by atoms with van der Waals surface area (Å²) >= 11 is 6.24. The molecule has 1 amide bonds. The minimum atomic E-state index is 0.0588. The van der Waals surface area contributed by atoms with Gasteiger partial charge in [0.2, 0.25) is 0 Å². The maximum atomic E-state index is 12.7. The fourth-order valence-electron chi connectivity index (χ4n) is 3.65.